The Bertz CT molecular complexity index is 668. The molecule has 108 valence electrons. The van der Waals surface area contributed by atoms with Crippen molar-refractivity contribution < 1.29 is 12.9 Å². The molecule has 8 heteroatoms. The van der Waals surface area contributed by atoms with Crippen LogP contribution in [0.4, 0.5) is 0 Å². The van der Waals surface area contributed by atoms with Crippen molar-refractivity contribution in [3.8, 4) is 0 Å². The minimum Gasteiger partial charge on any atom is -0.340 e. The molecule has 3 N–H and O–H groups in total. The topological polar surface area (TPSA) is 111 Å². The molecule has 0 aliphatic carbocycles. The Morgan fingerprint density at radius 3 is 2.85 bits per heavy atom. The zero-order chi connectivity index (χ0) is 14.6. The average Bonchev–Trinajstić information content (AvgIpc) is 2.91. The van der Waals surface area contributed by atoms with Crippen molar-refractivity contribution in [1.82, 2.24) is 14.9 Å². The monoisotopic (exact) mass is 296 g/mol. The Hall–Kier alpha value is -1.77. The molecule has 7 nitrogen and oxygen atoms in total. The van der Waals surface area contributed by atoms with Gasteiger partial charge in [0.2, 0.25) is 15.9 Å². The molecular weight excluding hydrogens is 280 g/mol. The summed E-state index contributed by atoms with van der Waals surface area (Å²) >= 11 is 0. The summed E-state index contributed by atoms with van der Waals surface area (Å²) in [4.78, 5) is 4.07. The van der Waals surface area contributed by atoms with Gasteiger partial charge in [0, 0.05) is 19.5 Å². The van der Waals surface area contributed by atoms with Gasteiger partial charge in [-0.1, -0.05) is 17.3 Å². The highest BCUT2D eigenvalue weighted by Gasteiger charge is 2.17. The maximum Gasteiger partial charge on any atom is 0.240 e. The Morgan fingerprint density at radius 1 is 1.40 bits per heavy atom. The van der Waals surface area contributed by atoms with Gasteiger partial charge >= 0.3 is 0 Å². The van der Waals surface area contributed by atoms with Crippen LogP contribution < -0.4 is 10.5 Å². The van der Waals surface area contributed by atoms with Crippen LogP contribution >= 0.6 is 0 Å². The van der Waals surface area contributed by atoms with Crippen LogP contribution in [0.25, 0.3) is 0 Å². The van der Waals surface area contributed by atoms with E-state index in [1.807, 2.05) is 6.07 Å². The summed E-state index contributed by atoms with van der Waals surface area (Å²) in [6.45, 7) is 2.24. The quantitative estimate of drug-likeness (QED) is 0.796. The zero-order valence-electron chi connectivity index (χ0n) is 11.0. The maximum absolute atomic E-state index is 12.2. The lowest BCUT2D eigenvalue weighted by atomic mass is 10.1. The fraction of sp³-hybridized carbons (Fsp3) is 0.333. The second kappa shape index (κ2) is 6.12. The molecule has 0 saturated heterocycles. The van der Waals surface area contributed by atoms with Crippen LogP contribution in [0.3, 0.4) is 0 Å². The van der Waals surface area contributed by atoms with Crippen LogP contribution in [-0.4, -0.2) is 25.1 Å². The van der Waals surface area contributed by atoms with Gasteiger partial charge in [0.1, 0.15) is 0 Å². The molecule has 20 heavy (non-hydrogen) atoms. The molecular formula is C12H16N4O3S. The number of nitrogens with two attached hydrogens (primary N) is 1. The van der Waals surface area contributed by atoms with Gasteiger partial charge in [-0.3, -0.25) is 0 Å². The van der Waals surface area contributed by atoms with Gasteiger partial charge in [-0.05, 0) is 24.1 Å². The van der Waals surface area contributed by atoms with Crippen molar-refractivity contribution in [1.29, 1.82) is 0 Å². The van der Waals surface area contributed by atoms with Crippen LogP contribution in [-0.2, 0) is 23.0 Å². The van der Waals surface area contributed by atoms with Gasteiger partial charge < -0.3 is 10.3 Å². The van der Waals surface area contributed by atoms with E-state index in [1.165, 1.54) is 6.33 Å². The predicted molar refractivity (Wildman–Crippen MR) is 72.3 cm³/mol. The standard InChI is InChI=1S/C12H16N4O3S/c1-9-10(7-13)3-2-4-11(9)20(17,18)16-6-5-12-14-8-15-19-12/h2-4,8,16H,5-7,13H2,1H3. The molecule has 0 radical (unpaired) electrons. The van der Waals surface area contributed by atoms with Gasteiger partial charge in [-0.25, -0.2) is 13.1 Å². The van der Waals surface area contributed by atoms with Gasteiger partial charge in [0.15, 0.2) is 6.33 Å². The van der Waals surface area contributed by atoms with Crippen molar-refractivity contribution in [2.75, 3.05) is 6.54 Å². The normalized spacial score (nSPS) is 11.7. The molecule has 0 aliphatic rings. The van der Waals surface area contributed by atoms with E-state index >= 15 is 0 Å². The second-order valence-electron chi connectivity index (χ2n) is 4.23. The number of nitrogens with zero attached hydrogens (tertiary/aromatic N) is 2. The third kappa shape index (κ3) is 3.21. The van der Waals surface area contributed by atoms with Crippen LogP contribution in [0.1, 0.15) is 17.0 Å². The summed E-state index contributed by atoms with van der Waals surface area (Å²) in [5, 5.41) is 3.45. The lowest BCUT2D eigenvalue weighted by molar-refractivity contribution is 0.377. The molecule has 2 rings (SSSR count). The second-order valence-corrected chi connectivity index (χ2v) is 5.96. The number of hydrogen-bond acceptors (Lipinski definition) is 6. The first-order valence-electron chi connectivity index (χ1n) is 6.08. The van der Waals surface area contributed by atoms with Crippen LogP contribution in [0, 0.1) is 6.92 Å². The minimum atomic E-state index is -3.57. The molecule has 0 unspecified atom stereocenters. The van der Waals surface area contributed by atoms with Gasteiger partial charge in [-0.2, -0.15) is 4.98 Å². The molecule has 0 bridgehead atoms. The molecule has 0 fully saturated rings. The summed E-state index contributed by atoms with van der Waals surface area (Å²) in [6.07, 6.45) is 1.62. The third-order valence-corrected chi connectivity index (χ3v) is 4.55. The lowest BCUT2D eigenvalue weighted by Gasteiger charge is -2.11. The third-order valence-electron chi connectivity index (χ3n) is 2.94. The van der Waals surface area contributed by atoms with Crippen molar-refractivity contribution in [2.24, 2.45) is 5.73 Å². The molecule has 0 atom stereocenters. The largest absolute Gasteiger partial charge is 0.340 e. The van der Waals surface area contributed by atoms with Crippen molar-refractivity contribution in [3.05, 3.63) is 41.5 Å². The molecule has 0 saturated carbocycles. The lowest BCUT2D eigenvalue weighted by Crippen LogP contribution is -2.27. The molecule has 1 heterocycles. The summed E-state index contributed by atoms with van der Waals surface area (Å²) < 4.78 is 31.8. The fourth-order valence-corrected chi connectivity index (χ4v) is 3.17. The molecule has 0 aliphatic heterocycles. The smallest absolute Gasteiger partial charge is 0.240 e. The van der Waals surface area contributed by atoms with Crippen molar-refractivity contribution in [3.63, 3.8) is 0 Å². The van der Waals surface area contributed by atoms with E-state index in [1.54, 1.807) is 19.1 Å². The summed E-state index contributed by atoms with van der Waals surface area (Å²) in [6, 6.07) is 5.05. The predicted octanol–water partition coefficient (Wildman–Crippen LogP) is 0.358. The Labute approximate surface area is 117 Å². The van der Waals surface area contributed by atoms with E-state index in [9.17, 15) is 8.42 Å². The first kappa shape index (κ1) is 14.6. The highest BCUT2D eigenvalue weighted by Crippen LogP contribution is 2.18. The molecule has 1 aromatic heterocycles. The first-order chi connectivity index (χ1) is 9.54. The van der Waals surface area contributed by atoms with Crippen molar-refractivity contribution in [2.45, 2.75) is 24.8 Å². The average molecular weight is 296 g/mol. The van der Waals surface area contributed by atoms with E-state index in [-0.39, 0.29) is 11.4 Å². The van der Waals surface area contributed by atoms with E-state index in [0.717, 1.165) is 5.56 Å². The Balaban J connectivity index is 2.10. The zero-order valence-corrected chi connectivity index (χ0v) is 11.9. The highest BCUT2D eigenvalue weighted by molar-refractivity contribution is 7.89. The summed E-state index contributed by atoms with van der Waals surface area (Å²) in [5.41, 5.74) is 7.06. The molecule has 0 amide bonds. The Morgan fingerprint density at radius 2 is 2.20 bits per heavy atom. The van der Waals surface area contributed by atoms with Gasteiger partial charge in [0.25, 0.3) is 0 Å². The maximum atomic E-state index is 12.2. The number of hydrogen-bond donors (Lipinski definition) is 2. The fourth-order valence-electron chi connectivity index (χ4n) is 1.85. The number of aromatic nitrogens is 2. The minimum absolute atomic E-state index is 0.191. The van der Waals surface area contributed by atoms with E-state index in [0.29, 0.717) is 24.4 Å². The van der Waals surface area contributed by atoms with E-state index < -0.39 is 10.0 Å². The van der Waals surface area contributed by atoms with Crippen LogP contribution in [0.2, 0.25) is 0 Å². The molecule has 0 spiro atoms. The number of sulfonamides is 1. The Kier molecular flexibility index (Phi) is 4.48. The SMILES string of the molecule is Cc1c(CN)cccc1S(=O)(=O)NCCc1ncno1. The van der Waals surface area contributed by atoms with Gasteiger partial charge in [0.05, 0.1) is 4.90 Å². The molecule has 2 aromatic rings. The highest BCUT2D eigenvalue weighted by atomic mass is 32.2. The number of rotatable bonds is 6. The summed E-state index contributed by atoms with van der Waals surface area (Å²) in [7, 11) is -3.57. The van der Waals surface area contributed by atoms with Crippen LogP contribution in [0.15, 0.2) is 33.9 Å². The first-order valence-corrected chi connectivity index (χ1v) is 7.56. The number of benzene rings is 1. The van der Waals surface area contributed by atoms with Crippen molar-refractivity contribution >= 4 is 10.0 Å². The molecule has 1 aromatic carbocycles. The van der Waals surface area contributed by atoms with Crippen LogP contribution in [0.5, 0.6) is 0 Å². The van der Waals surface area contributed by atoms with E-state index in [4.69, 9.17) is 10.3 Å². The van der Waals surface area contributed by atoms with Gasteiger partial charge in [-0.15, -0.1) is 0 Å². The number of nitrogens with one attached hydrogen (secondary N) is 1. The summed E-state index contributed by atoms with van der Waals surface area (Å²) in [5.74, 6) is 0.389. The van der Waals surface area contributed by atoms with E-state index in [2.05, 4.69) is 14.9 Å².